The highest BCUT2D eigenvalue weighted by Gasteiger charge is 2.42. The second-order valence-corrected chi connectivity index (χ2v) is 7.08. The Labute approximate surface area is 115 Å². The van der Waals surface area contributed by atoms with Crippen LogP contribution in [0.3, 0.4) is 0 Å². The zero-order chi connectivity index (χ0) is 14.1. The fraction of sp³-hybridized carbons (Fsp3) is 0.867. The molecule has 2 aliphatic carbocycles. The lowest BCUT2D eigenvalue weighted by molar-refractivity contribution is -0.142. The molecule has 0 heterocycles. The molecular weight excluding hydrogens is 242 g/mol. The monoisotopic (exact) mass is 267 g/mol. The number of hydrogen-bond acceptors (Lipinski definition) is 2. The van der Waals surface area contributed by atoms with Crippen molar-refractivity contribution in [3.8, 4) is 0 Å². The maximum absolute atomic E-state index is 12.3. The molecule has 0 aromatic heterocycles. The van der Waals surface area contributed by atoms with Crippen LogP contribution in [0.15, 0.2) is 0 Å². The molecule has 2 N–H and O–H groups in total. The molecule has 0 aromatic rings. The SMILES string of the molecule is CC1(C)CCCC1C(=O)NCC1(CC(=O)O)CCC1. The number of rotatable bonds is 5. The Balaban J connectivity index is 1.88. The summed E-state index contributed by atoms with van der Waals surface area (Å²) in [6, 6.07) is 0. The number of nitrogens with one attached hydrogen (secondary N) is 1. The average Bonchev–Trinajstić information content (AvgIpc) is 2.61. The number of carbonyl (C=O) groups excluding carboxylic acids is 1. The topological polar surface area (TPSA) is 66.4 Å². The van der Waals surface area contributed by atoms with Crippen molar-refractivity contribution in [1.82, 2.24) is 5.32 Å². The van der Waals surface area contributed by atoms with Crippen molar-refractivity contribution in [2.75, 3.05) is 6.54 Å². The predicted molar refractivity (Wildman–Crippen MR) is 72.7 cm³/mol. The highest BCUT2D eigenvalue weighted by molar-refractivity contribution is 5.80. The summed E-state index contributed by atoms with van der Waals surface area (Å²) in [6.07, 6.45) is 6.29. The van der Waals surface area contributed by atoms with Crippen molar-refractivity contribution in [3.05, 3.63) is 0 Å². The van der Waals surface area contributed by atoms with Crippen molar-refractivity contribution in [1.29, 1.82) is 0 Å². The quantitative estimate of drug-likeness (QED) is 0.804. The molecule has 0 radical (unpaired) electrons. The molecule has 0 saturated heterocycles. The van der Waals surface area contributed by atoms with Gasteiger partial charge >= 0.3 is 5.97 Å². The number of hydrogen-bond donors (Lipinski definition) is 2. The van der Waals surface area contributed by atoms with Crippen LogP contribution in [0.4, 0.5) is 0 Å². The van der Waals surface area contributed by atoms with E-state index in [0.29, 0.717) is 6.54 Å². The third-order valence-electron chi connectivity index (χ3n) is 5.15. The summed E-state index contributed by atoms with van der Waals surface area (Å²) in [6.45, 7) is 4.84. The van der Waals surface area contributed by atoms with Gasteiger partial charge in [-0.15, -0.1) is 0 Å². The van der Waals surface area contributed by atoms with Gasteiger partial charge < -0.3 is 10.4 Å². The highest BCUT2D eigenvalue weighted by Crippen LogP contribution is 2.45. The zero-order valence-corrected chi connectivity index (χ0v) is 12.0. The minimum atomic E-state index is -0.754. The van der Waals surface area contributed by atoms with E-state index in [2.05, 4.69) is 19.2 Å². The second kappa shape index (κ2) is 5.14. The number of carboxylic acid groups (broad SMARTS) is 1. The van der Waals surface area contributed by atoms with Crippen LogP contribution in [0.2, 0.25) is 0 Å². The summed E-state index contributed by atoms with van der Waals surface area (Å²) in [5.41, 5.74) is -0.0894. The van der Waals surface area contributed by atoms with E-state index in [9.17, 15) is 9.59 Å². The molecule has 2 saturated carbocycles. The van der Waals surface area contributed by atoms with E-state index >= 15 is 0 Å². The summed E-state index contributed by atoms with van der Waals surface area (Å²) in [4.78, 5) is 23.2. The van der Waals surface area contributed by atoms with Crippen LogP contribution in [0.25, 0.3) is 0 Å². The van der Waals surface area contributed by atoms with Gasteiger partial charge in [0.05, 0.1) is 6.42 Å². The molecule has 2 rings (SSSR count). The Morgan fingerprint density at radius 3 is 2.32 bits per heavy atom. The third-order valence-corrected chi connectivity index (χ3v) is 5.15. The summed E-state index contributed by atoms with van der Waals surface area (Å²) < 4.78 is 0. The smallest absolute Gasteiger partial charge is 0.303 e. The number of carboxylic acids is 1. The maximum Gasteiger partial charge on any atom is 0.303 e. The number of aliphatic carboxylic acids is 1. The van der Waals surface area contributed by atoms with Gasteiger partial charge in [-0.05, 0) is 36.5 Å². The van der Waals surface area contributed by atoms with Gasteiger partial charge in [0.2, 0.25) is 5.91 Å². The summed E-state index contributed by atoms with van der Waals surface area (Å²) >= 11 is 0. The molecule has 0 aromatic carbocycles. The van der Waals surface area contributed by atoms with Gasteiger partial charge in [-0.25, -0.2) is 0 Å². The Hall–Kier alpha value is -1.06. The molecule has 2 fully saturated rings. The van der Waals surface area contributed by atoms with Crippen molar-refractivity contribution < 1.29 is 14.7 Å². The molecule has 4 heteroatoms. The van der Waals surface area contributed by atoms with E-state index in [0.717, 1.165) is 38.5 Å². The molecule has 108 valence electrons. The number of carbonyl (C=O) groups is 2. The third kappa shape index (κ3) is 3.10. The maximum atomic E-state index is 12.3. The minimum absolute atomic E-state index is 0.0870. The van der Waals surface area contributed by atoms with Gasteiger partial charge in [0.15, 0.2) is 0 Å². The summed E-state index contributed by atoms with van der Waals surface area (Å²) in [5, 5.41) is 12.0. The lowest BCUT2D eigenvalue weighted by Gasteiger charge is -2.41. The first kappa shape index (κ1) is 14.4. The Morgan fingerprint density at radius 1 is 1.21 bits per heavy atom. The lowest BCUT2D eigenvalue weighted by atomic mass is 9.66. The van der Waals surface area contributed by atoms with Gasteiger partial charge in [-0.2, -0.15) is 0 Å². The molecule has 19 heavy (non-hydrogen) atoms. The minimum Gasteiger partial charge on any atom is -0.481 e. The fourth-order valence-corrected chi connectivity index (χ4v) is 3.62. The first-order chi connectivity index (χ1) is 8.85. The van der Waals surface area contributed by atoms with Gasteiger partial charge in [-0.3, -0.25) is 9.59 Å². The molecule has 0 spiro atoms. The van der Waals surface area contributed by atoms with Gasteiger partial charge in [0.1, 0.15) is 0 Å². The van der Waals surface area contributed by atoms with Crippen molar-refractivity contribution >= 4 is 11.9 Å². The van der Waals surface area contributed by atoms with E-state index in [1.54, 1.807) is 0 Å². The van der Waals surface area contributed by atoms with E-state index in [1.165, 1.54) is 0 Å². The molecule has 0 aliphatic heterocycles. The largest absolute Gasteiger partial charge is 0.481 e. The molecule has 0 bridgehead atoms. The van der Waals surface area contributed by atoms with Gasteiger partial charge in [-0.1, -0.05) is 26.7 Å². The van der Waals surface area contributed by atoms with Crippen molar-refractivity contribution in [2.24, 2.45) is 16.7 Å². The van der Waals surface area contributed by atoms with E-state index in [4.69, 9.17) is 5.11 Å². The Kier molecular flexibility index (Phi) is 3.88. The molecule has 1 unspecified atom stereocenters. The standard InChI is InChI=1S/C15H25NO3/c1-14(2)6-3-5-11(14)13(19)16-10-15(7-4-8-15)9-12(17)18/h11H,3-10H2,1-2H3,(H,16,19)(H,17,18). The highest BCUT2D eigenvalue weighted by atomic mass is 16.4. The van der Waals surface area contributed by atoms with Crippen LogP contribution in [0.5, 0.6) is 0 Å². The van der Waals surface area contributed by atoms with Crippen molar-refractivity contribution in [2.45, 2.75) is 58.8 Å². The summed E-state index contributed by atoms with van der Waals surface area (Å²) in [7, 11) is 0. The summed E-state index contributed by atoms with van der Waals surface area (Å²) in [5.74, 6) is -0.538. The van der Waals surface area contributed by atoms with E-state index < -0.39 is 5.97 Å². The number of amides is 1. The van der Waals surface area contributed by atoms with E-state index in [-0.39, 0.29) is 29.1 Å². The van der Waals surface area contributed by atoms with E-state index in [1.807, 2.05) is 0 Å². The predicted octanol–water partition coefficient (Wildman–Crippen LogP) is 2.57. The lowest BCUT2D eigenvalue weighted by Crippen LogP contribution is -2.46. The molecule has 1 amide bonds. The Bertz CT molecular complexity index is 372. The van der Waals surface area contributed by atoms with Crippen LogP contribution in [-0.2, 0) is 9.59 Å². The molecule has 2 aliphatic rings. The van der Waals surface area contributed by atoms with Crippen LogP contribution < -0.4 is 5.32 Å². The van der Waals surface area contributed by atoms with Crippen LogP contribution in [0.1, 0.15) is 58.8 Å². The molecular formula is C15H25NO3. The van der Waals surface area contributed by atoms with Crippen LogP contribution in [0, 0.1) is 16.7 Å². The Morgan fingerprint density at radius 2 is 1.89 bits per heavy atom. The van der Waals surface area contributed by atoms with Crippen LogP contribution in [-0.4, -0.2) is 23.5 Å². The van der Waals surface area contributed by atoms with Crippen molar-refractivity contribution in [3.63, 3.8) is 0 Å². The zero-order valence-electron chi connectivity index (χ0n) is 12.0. The fourth-order valence-electron chi connectivity index (χ4n) is 3.62. The first-order valence-electron chi connectivity index (χ1n) is 7.34. The first-order valence-corrected chi connectivity index (χ1v) is 7.34. The van der Waals surface area contributed by atoms with Crippen LogP contribution >= 0.6 is 0 Å². The average molecular weight is 267 g/mol. The molecule has 4 nitrogen and oxygen atoms in total. The second-order valence-electron chi connectivity index (χ2n) is 7.08. The van der Waals surface area contributed by atoms with Gasteiger partial charge in [0.25, 0.3) is 0 Å². The van der Waals surface area contributed by atoms with Gasteiger partial charge in [0, 0.05) is 12.5 Å². The molecule has 1 atom stereocenters. The normalized spacial score (nSPS) is 27.6.